The Labute approximate surface area is 160 Å². The van der Waals surface area contributed by atoms with Crippen molar-refractivity contribution in [3.05, 3.63) is 94.5 Å². The van der Waals surface area contributed by atoms with Gasteiger partial charge in [-0.15, -0.1) is 23.5 Å². The summed E-state index contributed by atoms with van der Waals surface area (Å²) in [5.74, 6) is 0.990. The van der Waals surface area contributed by atoms with E-state index in [1.807, 2.05) is 29.6 Å². The molecule has 1 nitrogen and oxygen atoms in total. The summed E-state index contributed by atoms with van der Waals surface area (Å²) in [6, 6.07) is 27.4. The van der Waals surface area contributed by atoms with Gasteiger partial charge in [-0.25, -0.2) is 0 Å². The van der Waals surface area contributed by atoms with Gasteiger partial charge in [0.05, 0.1) is 4.58 Å². The molecule has 3 rings (SSSR count). The molecule has 0 spiro atoms. The number of nitrogens with two attached hydrogens (primary N) is 1. The van der Waals surface area contributed by atoms with Gasteiger partial charge in [0.2, 0.25) is 0 Å². The third kappa shape index (κ3) is 4.82. The fourth-order valence-electron chi connectivity index (χ4n) is 2.26. The van der Waals surface area contributed by atoms with Crippen LogP contribution in [-0.4, -0.2) is 0 Å². The van der Waals surface area contributed by atoms with Crippen LogP contribution >= 0.6 is 39.5 Å². The van der Waals surface area contributed by atoms with E-state index in [1.165, 1.54) is 16.0 Å². The van der Waals surface area contributed by atoms with Gasteiger partial charge in [0.25, 0.3) is 0 Å². The van der Waals surface area contributed by atoms with E-state index in [4.69, 9.17) is 5.73 Å². The molecule has 0 saturated carbocycles. The molecule has 0 amide bonds. The standard InChI is InChI=1S/C20H18BrNS2/c21-18-13-17(11-12-19(18)22)24-20(16-9-5-2-6-10-16)23-14-15-7-3-1-4-8-15/h1-13,20H,14,22H2. The number of anilines is 1. The fourth-order valence-corrected chi connectivity index (χ4v) is 5.36. The third-order valence-corrected chi connectivity index (χ3v) is 7.00. The van der Waals surface area contributed by atoms with Crippen LogP contribution in [0.15, 0.2) is 88.2 Å². The summed E-state index contributed by atoms with van der Waals surface area (Å²) in [4.78, 5) is 1.21. The maximum Gasteiger partial charge on any atom is 0.0801 e. The van der Waals surface area contributed by atoms with E-state index in [9.17, 15) is 0 Å². The van der Waals surface area contributed by atoms with Gasteiger partial charge in [-0.2, -0.15) is 0 Å². The molecular weight excluding hydrogens is 398 g/mol. The summed E-state index contributed by atoms with van der Waals surface area (Å²) in [7, 11) is 0. The van der Waals surface area contributed by atoms with Crippen LogP contribution in [0.2, 0.25) is 0 Å². The van der Waals surface area contributed by atoms with Crippen molar-refractivity contribution in [1.29, 1.82) is 0 Å². The number of rotatable bonds is 6. The van der Waals surface area contributed by atoms with Gasteiger partial charge in [-0.1, -0.05) is 60.7 Å². The minimum atomic E-state index is 0.335. The molecule has 0 radical (unpaired) electrons. The molecule has 24 heavy (non-hydrogen) atoms. The van der Waals surface area contributed by atoms with Crippen LogP contribution in [-0.2, 0) is 5.75 Å². The molecule has 122 valence electrons. The van der Waals surface area contributed by atoms with Crippen LogP contribution in [0.4, 0.5) is 5.69 Å². The predicted molar refractivity (Wildman–Crippen MR) is 111 cm³/mol. The smallest absolute Gasteiger partial charge is 0.0801 e. The lowest BCUT2D eigenvalue weighted by Gasteiger charge is -2.17. The summed E-state index contributed by atoms with van der Waals surface area (Å²) < 4.78 is 1.29. The zero-order valence-electron chi connectivity index (χ0n) is 13.1. The Morgan fingerprint density at radius 2 is 1.54 bits per heavy atom. The SMILES string of the molecule is Nc1ccc(SC(SCc2ccccc2)c2ccccc2)cc1Br. The summed E-state index contributed by atoms with van der Waals surface area (Å²) in [6.07, 6.45) is 0. The quantitative estimate of drug-likeness (QED) is 0.273. The zero-order chi connectivity index (χ0) is 16.8. The Morgan fingerprint density at radius 1 is 0.875 bits per heavy atom. The highest BCUT2D eigenvalue weighted by atomic mass is 79.9. The molecular formula is C20H18BrNS2. The summed E-state index contributed by atoms with van der Waals surface area (Å²) in [5.41, 5.74) is 9.35. The second-order valence-corrected chi connectivity index (χ2v) is 8.77. The normalized spacial score (nSPS) is 12.0. The van der Waals surface area contributed by atoms with E-state index in [0.29, 0.717) is 4.58 Å². The van der Waals surface area contributed by atoms with Crippen molar-refractivity contribution in [3.8, 4) is 0 Å². The van der Waals surface area contributed by atoms with Crippen molar-refractivity contribution >= 4 is 45.1 Å². The molecule has 0 saturated heterocycles. The van der Waals surface area contributed by atoms with E-state index in [2.05, 4.69) is 88.7 Å². The Kier molecular flexibility index (Phi) is 6.30. The second-order valence-electron chi connectivity index (χ2n) is 5.34. The first-order valence-electron chi connectivity index (χ1n) is 7.64. The largest absolute Gasteiger partial charge is 0.398 e. The van der Waals surface area contributed by atoms with Crippen LogP contribution in [0.25, 0.3) is 0 Å². The predicted octanol–water partition coefficient (Wildman–Crippen LogP) is 6.76. The van der Waals surface area contributed by atoms with E-state index in [-0.39, 0.29) is 0 Å². The van der Waals surface area contributed by atoms with Gasteiger partial charge in [-0.3, -0.25) is 0 Å². The van der Waals surface area contributed by atoms with Crippen LogP contribution in [0.5, 0.6) is 0 Å². The van der Waals surface area contributed by atoms with E-state index < -0.39 is 0 Å². The van der Waals surface area contributed by atoms with Crippen molar-refractivity contribution in [3.63, 3.8) is 0 Å². The van der Waals surface area contributed by atoms with E-state index in [1.54, 1.807) is 0 Å². The van der Waals surface area contributed by atoms with Gasteiger partial charge in [-0.05, 0) is 45.3 Å². The molecule has 0 heterocycles. The van der Waals surface area contributed by atoms with Crippen LogP contribution in [0.3, 0.4) is 0 Å². The number of benzene rings is 3. The molecule has 0 bridgehead atoms. The Morgan fingerprint density at radius 3 is 2.21 bits per heavy atom. The highest BCUT2D eigenvalue weighted by Crippen LogP contribution is 2.45. The second kappa shape index (κ2) is 8.65. The topological polar surface area (TPSA) is 26.0 Å². The lowest BCUT2D eigenvalue weighted by Crippen LogP contribution is -1.92. The molecule has 2 N–H and O–H groups in total. The first kappa shape index (κ1) is 17.5. The Balaban J connectivity index is 1.78. The molecule has 3 aromatic rings. The van der Waals surface area contributed by atoms with Gasteiger partial charge in [0, 0.05) is 20.8 Å². The molecule has 0 aromatic heterocycles. The minimum absolute atomic E-state index is 0.335. The van der Waals surface area contributed by atoms with Crippen LogP contribution < -0.4 is 5.73 Å². The first-order valence-corrected chi connectivity index (χ1v) is 10.4. The average molecular weight is 416 g/mol. The number of nitrogen functional groups attached to an aromatic ring is 1. The maximum atomic E-state index is 5.90. The number of hydrogen-bond acceptors (Lipinski definition) is 3. The molecule has 1 unspecified atom stereocenters. The lowest BCUT2D eigenvalue weighted by atomic mass is 10.2. The Hall–Kier alpha value is -1.36. The van der Waals surface area contributed by atoms with E-state index >= 15 is 0 Å². The zero-order valence-corrected chi connectivity index (χ0v) is 16.3. The fraction of sp³-hybridized carbons (Fsp3) is 0.100. The maximum absolute atomic E-state index is 5.90. The summed E-state index contributed by atoms with van der Waals surface area (Å²) in [5, 5.41) is 0. The summed E-state index contributed by atoms with van der Waals surface area (Å²) >= 11 is 7.33. The number of hydrogen-bond donors (Lipinski definition) is 1. The lowest BCUT2D eigenvalue weighted by molar-refractivity contribution is 1.32. The molecule has 1 atom stereocenters. The molecule has 0 aliphatic heterocycles. The molecule has 3 aromatic carbocycles. The molecule has 0 aliphatic rings. The van der Waals surface area contributed by atoms with Crippen molar-refractivity contribution in [1.82, 2.24) is 0 Å². The molecule has 0 aliphatic carbocycles. The van der Waals surface area contributed by atoms with Gasteiger partial charge in [0.15, 0.2) is 0 Å². The number of thioether (sulfide) groups is 2. The molecule has 4 heteroatoms. The Bertz CT molecular complexity index is 778. The van der Waals surface area contributed by atoms with Gasteiger partial charge >= 0.3 is 0 Å². The number of halogens is 1. The van der Waals surface area contributed by atoms with E-state index in [0.717, 1.165) is 15.9 Å². The average Bonchev–Trinajstić information content (AvgIpc) is 2.63. The summed E-state index contributed by atoms with van der Waals surface area (Å²) in [6.45, 7) is 0. The van der Waals surface area contributed by atoms with Crippen molar-refractivity contribution in [2.75, 3.05) is 5.73 Å². The third-order valence-electron chi connectivity index (χ3n) is 3.53. The van der Waals surface area contributed by atoms with Gasteiger partial charge in [0.1, 0.15) is 0 Å². The monoisotopic (exact) mass is 415 g/mol. The van der Waals surface area contributed by atoms with Crippen molar-refractivity contribution < 1.29 is 0 Å². The highest BCUT2D eigenvalue weighted by molar-refractivity contribution is 9.10. The minimum Gasteiger partial charge on any atom is -0.398 e. The molecule has 0 fully saturated rings. The van der Waals surface area contributed by atoms with Gasteiger partial charge < -0.3 is 5.73 Å². The van der Waals surface area contributed by atoms with Crippen molar-refractivity contribution in [2.45, 2.75) is 15.2 Å². The van der Waals surface area contributed by atoms with Crippen LogP contribution in [0.1, 0.15) is 15.7 Å². The first-order chi connectivity index (χ1) is 11.7. The highest BCUT2D eigenvalue weighted by Gasteiger charge is 2.14. The van der Waals surface area contributed by atoms with Crippen LogP contribution in [0, 0.1) is 0 Å². The van der Waals surface area contributed by atoms with Crippen molar-refractivity contribution in [2.24, 2.45) is 0 Å².